The van der Waals surface area contributed by atoms with Gasteiger partial charge in [-0.25, -0.2) is 0 Å². The topological polar surface area (TPSA) is 66.8 Å². The summed E-state index contributed by atoms with van der Waals surface area (Å²) < 4.78 is 5.77. The van der Waals surface area contributed by atoms with Crippen LogP contribution in [-0.4, -0.2) is 29.9 Å². The molecular weight excluding hydrogens is 474 g/mol. The quantitative estimate of drug-likeness (QED) is 0.391. The van der Waals surface area contributed by atoms with Crippen molar-refractivity contribution in [2.24, 2.45) is 0 Å². The fourth-order valence-electron chi connectivity index (χ4n) is 4.84. The summed E-state index contributed by atoms with van der Waals surface area (Å²) in [6.45, 7) is 10.7. The van der Waals surface area contributed by atoms with Crippen LogP contribution in [0.2, 0.25) is 5.02 Å². The Morgan fingerprint density at radius 1 is 1.03 bits per heavy atom. The molecule has 0 bridgehead atoms. The highest BCUT2D eigenvalue weighted by Crippen LogP contribution is 2.43. The summed E-state index contributed by atoms with van der Waals surface area (Å²) in [5.74, 6) is -0.136. The molecule has 1 amide bonds. The Labute approximate surface area is 217 Å². The molecule has 5 nitrogen and oxygen atoms in total. The van der Waals surface area contributed by atoms with Crippen LogP contribution >= 0.6 is 11.6 Å². The van der Waals surface area contributed by atoms with Gasteiger partial charge in [0.1, 0.15) is 12.4 Å². The van der Waals surface area contributed by atoms with E-state index < -0.39 is 11.5 Å². The van der Waals surface area contributed by atoms with E-state index in [0.717, 1.165) is 16.7 Å². The van der Waals surface area contributed by atoms with Crippen molar-refractivity contribution in [1.82, 2.24) is 0 Å². The van der Waals surface area contributed by atoms with Crippen LogP contribution < -0.4 is 9.64 Å². The van der Waals surface area contributed by atoms with Gasteiger partial charge in [-0.1, -0.05) is 62.7 Å². The molecule has 4 rings (SSSR count). The minimum Gasteiger partial charge on any atom is -0.492 e. The van der Waals surface area contributed by atoms with Gasteiger partial charge in [-0.05, 0) is 66.3 Å². The number of fused-ring (bicyclic) bond motifs is 1. The second kappa shape index (κ2) is 9.72. The molecule has 0 aromatic heterocycles. The number of aliphatic hydroxyl groups is 1. The molecule has 1 heterocycles. The van der Waals surface area contributed by atoms with E-state index in [1.54, 1.807) is 42.5 Å². The molecule has 0 saturated heterocycles. The molecule has 0 radical (unpaired) electrons. The number of ketones is 1. The average molecular weight is 506 g/mol. The van der Waals surface area contributed by atoms with Gasteiger partial charge in [-0.3, -0.25) is 9.59 Å². The number of carbonyl (C=O) groups excluding carboxylic acids is 2. The smallest absolute Gasteiger partial charge is 0.264 e. The van der Waals surface area contributed by atoms with Gasteiger partial charge < -0.3 is 14.7 Å². The summed E-state index contributed by atoms with van der Waals surface area (Å²) in [5, 5.41) is 12.3. The molecule has 1 unspecified atom stereocenters. The van der Waals surface area contributed by atoms with Gasteiger partial charge in [-0.15, -0.1) is 0 Å². The highest BCUT2D eigenvalue weighted by Gasteiger charge is 2.50. The summed E-state index contributed by atoms with van der Waals surface area (Å²) in [4.78, 5) is 28.6. The van der Waals surface area contributed by atoms with Crippen molar-refractivity contribution in [3.05, 3.63) is 93.5 Å². The fourth-order valence-corrected chi connectivity index (χ4v) is 4.97. The van der Waals surface area contributed by atoms with Crippen LogP contribution in [0, 0.1) is 13.8 Å². The van der Waals surface area contributed by atoms with Gasteiger partial charge in [0.2, 0.25) is 0 Å². The molecule has 0 aliphatic carbocycles. The Morgan fingerprint density at radius 2 is 1.64 bits per heavy atom. The first-order chi connectivity index (χ1) is 16.9. The summed E-state index contributed by atoms with van der Waals surface area (Å²) in [6.07, 6.45) is -0.325. The molecule has 0 saturated carbocycles. The van der Waals surface area contributed by atoms with Gasteiger partial charge in [0, 0.05) is 16.1 Å². The monoisotopic (exact) mass is 505 g/mol. The zero-order chi connectivity index (χ0) is 26.3. The minimum atomic E-state index is -1.93. The molecule has 3 aromatic rings. The molecule has 1 N–H and O–H groups in total. The Bertz CT molecular complexity index is 1290. The molecular formula is C30H32ClNO4. The zero-order valence-electron chi connectivity index (χ0n) is 21.4. The lowest BCUT2D eigenvalue weighted by atomic mass is 9.81. The van der Waals surface area contributed by atoms with Crippen LogP contribution in [0.1, 0.15) is 59.8 Å². The van der Waals surface area contributed by atoms with Crippen molar-refractivity contribution in [3.8, 4) is 5.75 Å². The van der Waals surface area contributed by atoms with E-state index >= 15 is 0 Å². The third-order valence-electron chi connectivity index (χ3n) is 6.73. The number of carbonyl (C=O) groups is 2. The van der Waals surface area contributed by atoms with E-state index in [4.69, 9.17) is 16.3 Å². The number of amides is 1. The van der Waals surface area contributed by atoms with Crippen molar-refractivity contribution >= 4 is 29.0 Å². The summed E-state index contributed by atoms with van der Waals surface area (Å²) in [6, 6.07) is 18.1. The average Bonchev–Trinajstić information content (AvgIpc) is 3.01. The van der Waals surface area contributed by atoms with Gasteiger partial charge >= 0.3 is 0 Å². The van der Waals surface area contributed by atoms with E-state index in [1.807, 2.05) is 32.0 Å². The maximum Gasteiger partial charge on any atom is 0.264 e. The van der Waals surface area contributed by atoms with Crippen LogP contribution in [0.5, 0.6) is 5.75 Å². The summed E-state index contributed by atoms with van der Waals surface area (Å²) >= 11 is 5.93. The first kappa shape index (κ1) is 25.9. The normalized spacial score (nSPS) is 17.3. The standard InChI is InChI=1S/C30H32ClNO4/c1-19-16-21(29(3,4)5)17-20(2)27(19)26(33)18-30(35)24-8-6-7-9-25(24)32(28(30)34)14-15-36-23-12-10-22(31)11-13-23/h6-13,16-17,35H,14-15,18H2,1-5H3. The van der Waals surface area contributed by atoms with E-state index in [0.29, 0.717) is 27.6 Å². The maximum atomic E-state index is 13.5. The predicted molar refractivity (Wildman–Crippen MR) is 143 cm³/mol. The number of halogens is 1. The van der Waals surface area contributed by atoms with E-state index in [-0.39, 0.29) is 30.8 Å². The third-order valence-corrected chi connectivity index (χ3v) is 6.98. The molecule has 3 aromatic carbocycles. The van der Waals surface area contributed by atoms with Gasteiger partial charge in [0.25, 0.3) is 5.91 Å². The Morgan fingerprint density at radius 3 is 2.25 bits per heavy atom. The van der Waals surface area contributed by atoms with Gasteiger partial charge in [0.15, 0.2) is 11.4 Å². The fraction of sp³-hybridized carbons (Fsp3) is 0.333. The SMILES string of the molecule is Cc1cc(C(C)(C)C)cc(C)c1C(=O)CC1(O)C(=O)N(CCOc2ccc(Cl)cc2)c2ccccc21. The largest absolute Gasteiger partial charge is 0.492 e. The van der Waals surface area contributed by atoms with Crippen molar-refractivity contribution < 1.29 is 19.4 Å². The highest BCUT2D eigenvalue weighted by molar-refractivity contribution is 6.30. The third kappa shape index (κ3) is 4.91. The first-order valence-corrected chi connectivity index (χ1v) is 12.5. The number of aryl methyl sites for hydroxylation is 2. The van der Waals surface area contributed by atoms with Crippen molar-refractivity contribution in [2.45, 2.75) is 52.1 Å². The van der Waals surface area contributed by atoms with Crippen LogP contribution in [0.4, 0.5) is 5.69 Å². The first-order valence-electron chi connectivity index (χ1n) is 12.1. The molecule has 1 atom stereocenters. The Kier molecular flexibility index (Phi) is 7.00. The number of hydrogen-bond donors (Lipinski definition) is 1. The number of hydrogen-bond acceptors (Lipinski definition) is 4. The minimum absolute atomic E-state index is 0.0513. The molecule has 1 aliphatic heterocycles. The van der Waals surface area contributed by atoms with Crippen LogP contribution in [0.15, 0.2) is 60.7 Å². The maximum absolute atomic E-state index is 13.5. The number of benzene rings is 3. The molecule has 6 heteroatoms. The summed E-state index contributed by atoms with van der Waals surface area (Å²) in [7, 11) is 0. The van der Waals surface area contributed by atoms with Gasteiger partial charge in [0.05, 0.1) is 18.7 Å². The molecule has 0 fully saturated rings. The zero-order valence-corrected chi connectivity index (χ0v) is 22.1. The van der Waals surface area contributed by atoms with E-state index in [1.165, 1.54) is 4.90 Å². The van der Waals surface area contributed by atoms with Crippen LogP contribution in [0.3, 0.4) is 0 Å². The summed E-state index contributed by atoms with van der Waals surface area (Å²) in [5.41, 5.74) is 2.44. The number of para-hydroxylation sites is 1. The van der Waals surface area contributed by atoms with E-state index in [9.17, 15) is 14.7 Å². The Balaban J connectivity index is 1.57. The van der Waals surface area contributed by atoms with E-state index in [2.05, 4.69) is 20.8 Å². The van der Waals surface area contributed by atoms with Gasteiger partial charge in [-0.2, -0.15) is 0 Å². The second-order valence-electron chi connectivity index (χ2n) is 10.5. The Hall–Kier alpha value is -3.15. The molecule has 36 heavy (non-hydrogen) atoms. The number of nitrogens with zero attached hydrogens (tertiary/aromatic N) is 1. The second-order valence-corrected chi connectivity index (χ2v) is 10.9. The number of Topliss-reactive ketones (excluding diaryl/α,β-unsaturated/α-hetero) is 1. The van der Waals surface area contributed by atoms with Crippen LogP contribution in [-0.2, 0) is 15.8 Å². The number of anilines is 1. The molecule has 0 spiro atoms. The molecule has 1 aliphatic rings. The van der Waals surface area contributed by atoms with Crippen molar-refractivity contribution in [3.63, 3.8) is 0 Å². The highest BCUT2D eigenvalue weighted by atomic mass is 35.5. The lowest BCUT2D eigenvalue weighted by Crippen LogP contribution is -2.43. The number of rotatable bonds is 7. The van der Waals surface area contributed by atoms with Crippen molar-refractivity contribution in [2.75, 3.05) is 18.1 Å². The predicted octanol–water partition coefficient (Wildman–Crippen LogP) is 6.14. The molecule has 188 valence electrons. The van der Waals surface area contributed by atoms with Crippen LogP contribution in [0.25, 0.3) is 0 Å². The lowest BCUT2D eigenvalue weighted by Gasteiger charge is -2.25. The van der Waals surface area contributed by atoms with Crippen molar-refractivity contribution in [1.29, 1.82) is 0 Å². The number of ether oxygens (including phenoxy) is 1. The lowest BCUT2D eigenvalue weighted by molar-refractivity contribution is -0.135.